The normalized spacial score (nSPS) is 23.7. The number of aliphatic hydroxyl groups is 1. The molecule has 1 saturated heterocycles. The van der Waals surface area contributed by atoms with Gasteiger partial charge in [-0.25, -0.2) is 0 Å². The van der Waals surface area contributed by atoms with Crippen LogP contribution in [0.15, 0.2) is 0 Å². The van der Waals surface area contributed by atoms with E-state index in [-0.39, 0.29) is 6.42 Å². The van der Waals surface area contributed by atoms with Gasteiger partial charge < -0.3 is 15.5 Å². The number of aliphatic hydroxyl groups excluding tert-OH is 1. The SMILES string of the molecule is O=C(O)CC(O)CNCC1CCCCS1. The largest absolute Gasteiger partial charge is 0.481 e. The van der Waals surface area contributed by atoms with E-state index in [0.717, 1.165) is 6.54 Å². The molecule has 15 heavy (non-hydrogen) atoms. The second kappa shape index (κ2) is 7.09. The highest BCUT2D eigenvalue weighted by molar-refractivity contribution is 7.99. The Morgan fingerprint density at radius 1 is 1.53 bits per heavy atom. The summed E-state index contributed by atoms with van der Waals surface area (Å²) in [6.07, 6.45) is 2.88. The first kappa shape index (κ1) is 12.8. The third-order valence-corrected chi connectivity index (χ3v) is 3.83. The standard InChI is InChI=1S/C10H19NO3S/c12-8(5-10(13)14)6-11-7-9-3-1-2-4-15-9/h8-9,11-12H,1-7H2,(H,13,14). The Balaban J connectivity index is 2.02. The number of carboxylic acids is 1. The molecule has 0 saturated carbocycles. The van der Waals surface area contributed by atoms with Crippen molar-refractivity contribution >= 4 is 17.7 Å². The topological polar surface area (TPSA) is 69.6 Å². The Kier molecular flexibility index (Phi) is 6.05. The number of carbonyl (C=O) groups is 1. The molecule has 2 unspecified atom stereocenters. The van der Waals surface area contributed by atoms with Crippen molar-refractivity contribution in [2.24, 2.45) is 0 Å². The molecule has 5 heteroatoms. The van der Waals surface area contributed by atoms with E-state index >= 15 is 0 Å². The molecule has 3 N–H and O–H groups in total. The van der Waals surface area contributed by atoms with Gasteiger partial charge in [0.25, 0.3) is 0 Å². The van der Waals surface area contributed by atoms with Crippen molar-refractivity contribution in [1.29, 1.82) is 0 Å². The number of rotatable bonds is 6. The molecule has 1 rings (SSSR count). The molecule has 1 aliphatic heterocycles. The van der Waals surface area contributed by atoms with Gasteiger partial charge in [0.1, 0.15) is 0 Å². The Labute approximate surface area is 94.4 Å². The predicted octanol–water partition coefficient (Wildman–Crippen LogP) is 0.697. The third-order valence-electron chi connectivity index (χ3n) is 2.44. The molecule has 1 heterocycles. The summed E-state index contributed by atoms with van der Waals surface area (Å²) in [7, 11) is 0. The summed E-state index contributed by atoms with van der Waals surface area (Å²) >= 11 is 1.97. The van der Waals surface area contributed by atoms with Gasteiger partial charge in [-0.3, -0.25) is 4.79 Å². The fraction of sp³-hybridized carbons (Fsp3) is 0.900. The molecule has 0 aromatic carbocycles. The maximum Gasteiger partial charge on any atom is 0.306 e. The highest BCUT2D eigenvalue weighted by Crippen LogP contribution is 2.24. The molecule has 4 nitrogen and oxygen atoms in total. The fourth-order valence-corrected chi connectivity index (χ4v) is 2.93. The zero-order valence-electron chi connectivity index (χ0n) is 8.82. The van der Waals surface area contributed by atoms with Crippen LogP contribution in [0.1, 0.15) is 25.7 Å². The number of nitrogens with one attached hydrogen (secondary N) is 1. The van der Waals surface area contributed by atoms with E-state index in [2.05, 4.69) is 5.32 Å². The third kappa shape index (κ3) is 6.02. The van der Waals surface area contributed by atoms with Gasteiger partial charge in [0.2, 0.25) is 0 Å². The molecule has 1 aliphatic rings. The highest BCUT2D eigenvalue weighted by atomic mass is 32.2. The summed E-state index contributed by atoms with van der Waals surface area (Å²) in [5.74, 6) is 0.278. The Hall–Kier alpha value is -0.260. The predicted molar refractivity (Wildman–Crippen MR) is 61.2 cm³/mol. The first-order valence-electron chi connectivity index (χ1n) is 5.40. The minimum atomic E-state index is -0.948. The maximum atomic E-state index is 10.3. The average Bonchev–Trinajstić information content (AvgIpc) is 2.18. The van der Waals surface area contributed by atoms with Gasteiger partial charge in [-0.1, -0.05) is 6.42 Å². The van der Waals surface area contributed by atoms with Gasteiger partial charge in [-0.05, 0) is 18.6 Å². The van der Waals surface area contributed by atoms with Crippen LogP contribution < -0.4 is 5.32 Å². The number of hydrogen-bond donors (Lipinski definition) is 3. The lowest BCUT2D eigenvalue weighted by Crippen LogP contribution is -2.34. The van der Waals surface area contributed by atoms with E-state index in [1.165, 1.54) is 25.0 Å². The monoisotopic (exact) mass is 233 g/mol. The van der Waals surface area contributed by atoms with Crippen molar-refractivity contribution in [3.8, 4) is 0 Å². The van der Waals surface area contributed by atoms with Crippen LogP contribution >= 0.6 is 11.8 Å². The molecule has 88 valence electrons. The molecule has 2 atom stereocenters. The van der Waals surface area contributed by atoms with Gasteiger partial charge in [0.15, 0.2) is 0 Å². The second-order valence-corrected chi connectivity index (χ2v) is 5.31. The van der Waals surface area contributed by atoms with Crippen molar-refractivity contribution in [2.45, 2.75) is 37.0 Å². The average molecular weight is 233 g/mol. The van der Waals surface area contributed by atoms with Crippen LogP contribution in [0.5, 0.6) is 0 Å². The molecule has 0 radical (unpaired) electrons. The number of carboxylic acid groups (broad SMARTS) is 1. The molecule has 1 fully saturated rings. The van der Waals surface area contributed by atoms with Crippen molar-refractivity contribution in [1.82, 2.24) is 5.32 Å². The van der Waals surface area contributed by atoms with Crippen LogP contribution in [-0.2, 0) is 4.79 Å². The molecular formula is C10H19NO3S. The van der Waals surface area contributed by atoms with Gasteiger partial charge in [0.05, 0.1) is 12.5 Å². The van der Waals surface area contributed by atoms with E-state index in [0.29, 0.717) is 11.8 Å². The molecule has 0 amide bonds. The first-order chi connectivity index (χ1) is 7.18. The lowest BCUT2D eigenvalue weighted by atomic mass is 10.2. The van der Waals surface area contributed by atoms with Crippen molar-refractivity contribution < 1.29 is 15.0 Å². The smallest absolute Gasteiger partial charge is 0.306 e. The molecule has 0 aliphatic carbocycles. The molecule has 0 aromatic heterocycles. The zero-order valence-corrected chi connectivity index (χ0v) is 9.63. The van der Waals surface area contributed by atoms with Gasteiger partial charge >= 0.3 is 5.97 Å². The maximum absolute atomic E-state index is 10.3. The van der Waals surface area contributed by atoms with Crippen LogP contribution in [0.2, 0.25) is 0 Å². The zero-order chi connectivity index (χ0) is 11.1. The van der Waals surface area contributed by atoms with Crippen LogP contribution in [0.25, 0.3) is 0 Å². The summed E-state index contributed by atoms with van der Waals surface area (Å²) in [6, 6.07) is 0. The van der Waals surface area contributed by atoms with Gasteiger partial charge in [0, 0.05) is 18.3 Å². The van der Waals surface area contributed by atoms with Crippen molar-refractivity contribution in [3.05, 3.63) is 0 Å². The summed E-state index contributed by atoms with van der Waals surface area (Å²) in [6.45, 7) is 1.25. The van der Waals surface area contributed by atoms with E-state index in [1.54, 1.807) is 0 Å². The van der Waals surface area contributed by atoms with E-state index < -0.39 is 12.1 Å². The Morgan fingerprint density at radius 3 is 2.93 bits per heavy atom. The fourth-order valence-electron chi connectivity index (χ4n) is 1.65. The lowest BCUT2D eigenvalue weighted by Gasteiger charge is -2.22. The molecular weight excluding hydrogens is 214 g/mol. The van der Waals surface area contributed by atoms with Crippen LogP contribution in [-0.4, -0.2) is 46.4 Å². The van der Waals surface area contributed by atoms with Gasteiger partial charge in [-0.15, -0.1) is 0 Å². The summed E-state index contributed by atoms with van der Waals surface area (Å²) in [4.78, 5) is 10.3. The summed E-state index contributed by atoms with van der Waals surface area (Å²) < 4.78 is 0. The number of thioether (sulfide) groups is 1. The highest BCUT2D eigenvalue weighted by Gasteiger charge is 2.14. The molecule has 0 bridgehead atoms. The minimum absolute atomic E-state index is 0.176. The van der Waals surface area contributed by atoms with E-state index in [9.17, 15) is 9.90 Å². The number of hydrogen-bond acceptors (Lipinski definition) is 4. The quantitative estimate of drug-likeness (QED) is 0.630. The molecule has 0 aromatic rings. The number of aliphatic carboxylic acids is 1. The first-order valence-corrected chi connectivity index (χ1v) is 6.45. The second-order valence-electron chi connectivity index (χ2n) is 3.90. The van der Waals surface area contributed by atoms with E-state index in [4.69, 9.17) is 5.11 Å². The van der Waals surface area contributed by atoms with Crippen LogP contribution in [0, 0.1) is 0 Å². The summed E-state index contributed by atoms with van der Waals surface area (Å²) in [5, 5.41) is 21.5. The Morgan fingerprint density at radius 2 is 2.33 bits per heavy atom. The minimum Gasteiger partial charge on any atom is -0.481 e. The lowest BCUT2D eigenvalue weighted by molar-refractivity contribution is -0.139. The molecule has 0 spiro atoms. The summed E-state index contributed by atoms with van der Waals surface area (Å²) in [5.41, 5.74) is 0. The Bertz CT molecular complexity index is 195. The van der Waals surface area contributed by atoms with Crippen molar-refractivity contribution in [3.63, 3.8) is 0 Å². The van der Waals surface area contributed by atoms with Crippen LogP contribution in [0.3, 0.4) is 0 Å². The van der Waals surface area contributed by atoms with E-state index in [1.807, 2.05) is 11.8 Å². The van der Waals surface area contributed by atoms with Gasteiger partial charge in [-0.2, -0.15) is 11.8 Å². The van der Waals surface area contributed by atoms with Crippen molar-refractivity contribution in [2.75, 3.05) is 18.8 Å². The van der Waals surface area contributed by atoms with Crippen LogP contribution in [0.4, 0.5) is 0 Å².